The smallest absolute Gasteiger partial charge is 0.279 e. The molecule has 0 unspecified atom stereocenters. The molecule has 0 saturated carbocycles. The van der Waals surface area contributed by atoms with Gasteiger partial charge in [-0.25, -0.2) is 4.98 Å². The van der Waals surface area contributed by atoms with Crippen LogP contribution in [0.25, 0.3) is 0 Å². The van der Waals surface area contributed by atoms with Crippen LogP contribution >= 0.6 is 0 Å². The number of carbonyl (C=O) groups is 1. The Kier molecular flexibility index (Phi) is 5.65. The highest BCUT2D eigenvalue weighted by atomic mass is 32.2. The second-order valence-corrected chi connectivity index (χ2v) is 7.17. The second kappa shape index (κ2) is 7.51. The topological polar surface area (TPSA) is 117 Å². The van der Waals surface area contributed by atoms with E-state index in [1.165, 1.54) is 20.5 Å². The number of rotatable bonds is 7. The van der Waals surface area contributed by atoms with E-state index in [0.29, 0.717) is 11.5 Å². The third-order valence-electron chi connectivity index (χ3n) is 3.21. The summed E-state index contributed by atoms with van der Waals surface area (Å²) in [5, 5.41) is 2.72. The van der Waals surface area contributed by atoms with E-state index >= 15 is 0 Å². The van der Waals surface area contributed by atoms with Gasteiger partial charge in [0.05, 0.1) is 12.2 Å². The van der Waals surface area contributed by atoms with Crippen molar-refractivity contribution in [3.05, 3.63) is 47.4 Å². The van der Waals surface area contributed by atoms with E-state index in [9.17, 15) is 13.2 Å². The van der Waals surface area contributed by atoms with Gasteiger partial charge in [0.1, 0.15) is 5.76 Å². The molecule has 130 valence electrons. The van der Waals surface area contributed by atoms with Crippen LogP contribution in [0.1, 0.15) is 27.5 Å². The van der Waals surface area contributed by atoms with Crippen molar-refractivity contribution in [3.63, 3.8) is 0 Å². The zero-order valence-electron chi connectivity index (χ0n) is 13.6. The highest BCUT2D eigenvalue weighted by molar-refractivity contribution is 7.87. The zero-order valence-corrected chi connectivity index (χ0v) is 14.4. The van der Waals surface area contributed by atoms with Crippen LogP contribution in [0.2, 0.25) is 0 Å². The number of aromatic nitrogens is 2. The predicted molar refractivity (Wildman–Crippen MR) is 86.1 cm³/mol. The minimum Gasteiger partial charge on any atom is -0.448 e. The summed E-state index contributed by atoms with van der Waals surface area (Å²) in [5.41, 5.74) is 1.58. The number of nitrogens with zero attached hydrogens (tertiary/aromatic N) is 3. The summed E-state index contributed by atoms with van der Waals surface area (Å²) in [4.78, 5) is 19.9. The minimum absolute atomic E-state index is 0.0602. The first-order valence-corrected chi connectivity index (χ1v) is 8.53. The van der Waals surface area contributed by atoms with Crippen molar-refractivity contribution < 1.29 is 17.6 Å². The number of hydrogen-bond acceptors (Lipinski definition) is 6. The van der Waals surface area contributed by atoms with Gasteiger partial charge in [0.15, 0.2) is 12.1 Å². The average Bonchev–Trinajstić information content (AvgIpc) is 2.97. The Morgan fingerprint density at radius 2 is 2.04 bits per heavy atom. The molecular weight excluding hydrogens is 334 g/mol. The molecule has 2 rings (SSSR count). The Hall–Kier alpha value is -2.30. The number of aryl methyl sites for hydroxylation is 1. The van der Waals surface area contributed by atoms with E-state index in [4.69, 9.17) is 4.42 Å². The van der Waals surface area contributed by atoms with Crippen LogP contribution in [0.3, 0.4) is 0 Å². The fourth-order valence-corrected chi connectivity index (χ4v) is 2.41. The van der Waals surface area contributed by atoms with Crippen LogP contribution in [0, 0.1) is 6.92 Å². The average molecular weight is 353 g/mol. The molecule has 1 amide bonds. The van der Waals surface area contributed by atoms with E-state index < -0.39 is 10.2 Å². The van der Waals surface area contributed by atoms with Crippen LogP contribution in [-0.4, -0.2) is 42.7 Å². The van der Waals surface area contributed by atoms with Crippen LogP contribution in [0.4, 0.5) is 0 Å². The highest BCUT2D eigenvalue weighted by Gasteiger charge is 2.14. The van der Waals surface area contributed by atoms with Crippen molar-refractivity contribution in [2.45, 2.75) is 20.0 Å². The Morgan fingerprint density at radius 1 is 1.29 bits per heavy atom. The molecule has 0 aliphatic rings. The lowest BCUT2D eigenvalue weighted by atomic mass is 10.2. The Morgan fingerprint density at radius 3 is 2.67 bits per heavy atom. The van der Waals surface area contributed by atoms with Crippen LogP contribution in [0.5, 0.6) is 0 Å². The number of carbonyl (C=O) groups excluding carboxylic acids is 1. The van der Waals surface area contributed by atoms with Crippen molar-refractivity contribution in [2.24, 2.45) is 0 Å². The summed E-state index contributed by atoms with van der Waals surface area (Å²) >= 11 is 0. The van der Waals surface area contributed by atoms with E-state index in [0.717, 1.165) is 9.87 Å². The maximum atomic E-state index is 12.0. The van der Waals surface area contributed by atoms with E-state index in [1.807, 2.05) is 0 Å². The van der Waals surface area contributed by atoms with Gasteiger partial charge < -0.3 is 9.73 Å². The van der Waals surface area contributed by atoms with E-state index in [-0.39, 0.29) is 24.7 Å². The van der Waals surface area contributed by atoms with Crippen LogP contribution < -0.4 is 10.0 Å². The Balaban J connectivity index is 1.96. The van der Waals surface area contributed by atoms with Gasteiger partial charge in [-0.15, -0.1) is 0 Å². The molecule has 2 N–H and O–H groups in total. The highest BCUT2D eigenvalue weighted by Crippen LogP contribution is 2.06. The maximum absolute atomic E-state index is 12.0. The lowest BCUT2D eigenvalue weighted by Gasteiger charge is -2.12. The Labute approximate surface area is 140 Å². The lowest BCUT2D eigenvalue weighted by Crippen LogP contribution is -2.35. The van der Waals surface area contributed by atoms with Gasteiger partial charge in [0.25, 0.3) is 16.1 Å². The second-order valence-electron chi connectivity index (χ2n) is 5.20. The molecule has 0 aliphatic heterocycles. The summed E-state index contributed by atoms with van der Waals surface area (Å²) in [6, 6.07) is 3.45. The Bertz CT molecular complexity index is 816. The molecule has 0 saturated heterocycles. The summed E-state index contributed by atoms with van der Waals surface area (Å²) in [6.45, 7) is 1.98. The first-order chi connectivity index (χ1) is 11.3. The summed E-state index contributed by atoms with van der Waals surface area (Å²) < 4.78 is 31.9. The van der Waals surface area contributed by atoms with Crippen molar-refractivity contribution >= 4 is 16.1 Å². The normalized spacial score (nSPS) is 11.7. The van der Waals surface area contributed by atoms with Gasteiger partial charge in [0, 0.05) is 26.8 Å². The molecule has 0 fully saturated rings. The van der Waals surface area contributed by atoms with Crippen molar-refractivity contribution in [1.29, 1.82) is 0 Å². The molecule has 0 atom stereocenters. The number of hydrogen-bond donors (Lipinski definition) is 2. The summed E-state index contributed by atoms with van der Waals surface area (Å²) in [6.07, 6.45) is 2.77. The molecule has 0 bridgehead atoms. The molecule has 2 aromatic rings. The summed E-state index contributed by atoms with van der Waals surface area (Å²) in [7, 11) is -0.638. The number of oxazole rings is 1. The molecule has 2 aromatic heterocycles. The zero-order chi connectivity index (χ0) is 17.7. The fraction of sp³-hybridized carbons (Fsp3) is 0.357. The van der Waals surface area contributed by atoms with Gasteiger partial charge in [-0.2, -0.15) is 17.4 Å². The van der Waals surface area contributed by atoms with Crippen molar-refractivity contribution in [2.75, 3.05) is 14.1 Å². The molecule has 10 heteroatoms. The van der Waals surface area contributed by atoms with Crippen molar-refractivity contribution in [1.82, 2.24) is 24.3 Å². The van der Waals surface area contributed by atoms with Crippen LogP contribution in [0.15, 0.2) is 29.1 Å². The number of pyridine rings is 1. The third-order valence-corrected chi connectivity index (χ3v) is 4.68. The monoisotopic (exact) mass is 353 g/mol. The SMILES string of the molecule is Cc1ocnc1C(=O)NCc1ccnc(CNS(=O)(=O)N(C)C)c1. The maximum Gasteiger partial charge on any atom is 0.279 e. The molecule has 0 spiro atoms. The van der Waals surface area contributed by atoms with Gasteiger partial charge >= 0.3 is 0 Å². The van der Waals surface area contributed by atoms with E-state index in [1.54, 1.807) is 25.3 Å². The van der Waals surface area contributed by atoms with Gasteiger partial charge in [0.2, 0.25) is 0 Å². The third kappa shape index (κ3) is 4.60. The minimum atomic E-state index is -3.51. The van der Waals surface area contributed by atoms with Crippen LogP contribution in [-0.2, 0) is 23.3 Å². The molecule has 0 aliphatic carbocycles. The molecular formula is C14H19N5O4S. The predicted octanol–water partition coefficient (Wildman–Crippen LogP) is 0.204. The van der Waals surface area contributed by atoms with Gasteiger partial charge in [-0.1, -0.05) is 0 Å². The molecule has 0 radical (unpaired) electrons. The fourth-order valence-electron chi connectivity index (χ4n) is 1.82. The molecule has 9 nitrogen and oxygen atoms in total. The first kappa shape index (κ1) is 18.0. The summed E-state index contributed by atoms with van der Waals surface area (Å²) in [5.74, 6) is 0.105. The van der Waals surface area contributed by atoms with E-state index in [2.05, 4.69) is 20.0 Å². The molecule has 24 heavy (non-hydrogen) atoms. The standard InChI is InChI=1S/C14H19N5O4S/c1-10-13(17-9-23-10)14(20)16-7-11-4-5-15-12(6-11)8-18-24(21,22)19(2)3/h4-6,9,18H,7-8H2,1-3H3,(H,16,20). The van der Waals surface area contributed by atoms with Gasteiger partial charge in [-0.05, 0) is 24.6 Å². The first-order valence-electron chi connectivity index (χ1n) is 7.09. The number of amides is 1. The largest absolute Gasteiger partial charge is 0.448 e. The van der Waals surface area contributed by atoms with Crippen molar-refractivity contribution in [3.8, 4) is 0 Å². The lowest BCUT2D eigenvalue weighted by molar-refractivity contribution is 0.0945. The molecule has 2 heterocycles. The van der Waals surface area contributed by atoms with Gasteiger partial charge in [-0.3, -0.25) is 9.78 Å². The molecule has 0 aromatic carbocycles. The quantitative estimate of drug-likeness (QED) is 0.734. The number of nitrogens with one attached hydrogen (secondary N) is 2.